The van der Waals surface area contributed by atoms with Gasteiger partial charge in [-0.15, -0.1) is 0 Å². The van der Waals surface area contributed by atoms with Gasteiger partial charge in [0, 0.05) is 42.0 Å². The first kappa shape index (κ1) is 21.4. The minimum atomic E-state index is -0.260. The number of carbonyl (C=O) groups excluding carboxylic acids is 1. The van der Waals surface area contributed by atoms with Crippen LogP contribution in [-0.4, -0.2) is 48.9 Å². The third-order valence-corrected chi connectivity index (χ3v) is 4.56. The van der Waals surface area contributed by atoms with Crippen LogP contribution in [-0.2, 0) is 9.53 Å². The Morgan fingerprint density at radius 2 is 2.19 bits per heavy atom. The van der Waals surface area contributed by atoms with E-state index in [2.05, 4.69) is 15.6 Å². The van der Waals surface area contributed by atoms with Gasteiger partial charge in [-0.3, -0.25) is 9.78 Å². The van der Waals surface area contributed by atoms with E-state index in [-0.39, 0.29) is 25.0 Å². The number of unbranched alkanes of at least 4 members (excludes halogenated alkanes) is 1. The van der Waals surface area contributed by atoms with Crippen molar-refractivity contribution >= 4 is 34.2 Å². The number of esters is 1. The van der Waals surface area contributed by atoms with Crippen LogP contribution in [0.25, 0.3) is 10.9 Å². The van der Waals surface area contributed by atoms with Crippen LogP contribution in [0.3, 0.4) is 0 Å². The summed E-state index contributed by atoms with van der Waals surface area (Å²) in [6.07, 6.45) is 4.67. The van der Waals surface area contributed by atoms with E-state index in [0.717, 1.165) is 42.4 Å². The van der Waals surface area contributed by atoms with Crippen molar-refractivity contribution in [1.29, 1.82) is 0 Å². The average Bonchev–Trinajstić information content (AvgIpc) is 2.66. The predicted octanol–water partition coefficient (Wildman–Crippen LogP) is 3.23. The molecule has 0 fully saturated rings. The van der Waals surface area contributed by atoms with Crippen LogP contribution in [0.1, 0.15) is 26.2 Å². The third-order valence-electron chi connectivity index (χ3n) is 4.33. The Bertz CT molecular complexity index is 727. The second kappa shape index (κ2) is 11.7. The molecule has 148 valence electrons. The van der Waals surface area contributed by atoms with E-state index in [9.17, 15) is 9.90 Å². The number of nitrogens with one attached hydrogen (secondary N) is 2. The normalized spacial score (nSPS) is 12.1. The van der Waals surface area contributed by atoms with E-state index in [1.165, 1.54) is 0 Å². The molecule has 0 aliphatic rings. The Hall–Kier alpha value is -1.89. The molecule has 6 nitrogen and oxygen atoms in total. The highest BCUT2D eigenvalue weighted by Crippen LogP contribution is 2.24. The van der Waals surface area contributed by atoms with Gasteiger partial charge in [-0.05, 0) is 49.9 Å². The second-order valence-corrected chi connectivity index (χ2v) is 6.86. The number of rotatable bonds is 12. The summed E-state index contributed by atoms with van der Waals surface area (Å²) in [5.74, 6) is -0.118. The maximum absolute atomic E-state index is 11.3. The topological polar surface area (TPSA) is 83.5 Å². The second-order valence-electron chi connectivity index (χ2n) is 6.43. The Balaban J connectivity index is 1.68. The zero-order valence-electron chi connectivity index (χ0n) is 15.7. The first-order valence-corrected chi connectivity index (χ1v) is 9.77. The Labute approximate surface area is 165 Å². The molecule has 1 heterocycles. The molecule has 0 aliphatic heterocycles. The Morgan fingerprint density at radius 3 is 2.96 bits per heavy atom. The lowest BCUT2D eigenvalue weighted by molar-refractivity contribution is -0.142. The standard InChI is InChI=1S/C20H28ClN3O3/c1-2-27-20(26)13-22-12-15(14-25)5-3-4-9-23-18-8-10-24-19-11-16(21)6-7-17(18)19/h6-8,10-11,15,22,25H,2-5,9,12-14H2,1H3,(H,23,24). The van der Waals surface area contributed by atoms with Gasteiger partial charge in [-0.1, -0.05) is 18.0 Å². The highest BCUT2D eigenvalue weighted by atomic mass is 35.5. The summed E-state index contributed by atoms with van der Waals surface area (Å²) >= 11 is 6.02. The summed E-state index contributed by atoms with van der Waals surface area (Å²) in [7, 11) is 0. The van der Waals surface area contributed by atoms with Crippen molar-refractivity contribution in [3.63, 3.8) is 0 Å². The summed E-state index contributed by atoms with van der Waals surface area (Å²) in [5.41, 5.74) is 1.92. The van der Waals surface area contributed by atoms with Gasteiger partial charge in [0.2, 0.25) is 0 Å². The van der Waals surface area contributed by atoms with E-state index < -0.39 is 0 Å². The number of ether oxygens (including phenoxy) is 1. The average molecular weight is 394 g/mol. The molecule has 0 amide bonds. The molecule has 0 saturated carbocycles. The number of aromatic nitrogens is 1. The van der Waals surface area contributed by atoms with Crippen molar-refractivity contribution in [2.24, 2.45) is 5.92 Å². The van der Waals surface area contributed by atoms with Gasteiger partial charge in [0.05, 0.1) is 18.7 Å². The number of nitrogens with zero attached hydrogens (tertiary/aromatic N) is 1. The van der Waals surface area contributed by atoms with Crippen LogP contribution in [0.4, 0.5) is 5.69 Å². The SMILES string of the molecule is CCOC(=O)CNCC(CO)CCCCNc1ccnc2cc(Cl)ccc12. The van der Waals surface area contributed by atoms with Crippen LogP contribution in [0.15, 0.2) is 30.5 Å². The molecule has 2 aromatic rings. The molecule has 0 bridgehead atoms. The molecule has 1 aromatic carbocycles. The molecule has 1 unspecified atom stereocenters. The molecule has 0 saturated heterocycles. The number of hydrogen-bond acceptors (Lipinski definition) is 6. The van der Waals surface area contributed by atoms with Crippen LogP contribution in [0.2, 0.25) is 5.02 Å². The van der Waals surface area contributed by atoms with Crippen molar-refractivity contribution in [2.75, 3.05) is 38.2 Å². The molecule has 3 N–H and O–H groups in total. The number of benzene rings is 1. The zero-order chi connectivity index (χ0) is 19.5. The van der Waals surface area contributed by atoms with E-state index in [1.807, 2.05) is 24.3 Å². The van der Waals surface area contributed by atoms with Crippen molar-refractivity contribution < 1.29 is 14.6 Å². The molecule has 1 atom stereocenters. The van der Waals surface area contributed by atoms with Crippen LogP contribution >= 0.6 is 11.6 Å². The molecule has 0 aliphatic carbocycles. The third kappa shape index (κ3) is 7.33. The maximum Gasteiger partial charge on any atom is 0.319 e. The summed E-state index contributed by atoms with van der Waals surface area (Å²) in [6, 6.07) is 7.67. The minimum Gasteiger partial charge on any atom is -0.465 e. The molecule has 0 spiro atoms. The largest absolute Gasteiger partial charge is 0.465 e. The molecular formula is C20H28ClN3O3. The van der Waals surface area contributed by atoms with Gasteiger partial charge in [-0.2, -0.15) is 0 Å². The van der Waals surface area contributed by atoms with E-state index in [4.69, 9.17) is 16.3 Å². The first-order valence-electron chi connectivity index (χ1n) is 9.39. The van der Waals surface area contributed by atoms with Gasteiger partial charge in [0.1, 0.15) is 0 Å². The van der Waals surface area contributed by atoms with E-state index >= 15 is 0 Å². The summed E-state index contributed by atoms with van der Waals surface area (Å²) < 4.78 is 4.87. The summed E-state index contributed by atoms with van der Waals surface area (Å²) in [4.78, 5) is 15.6. The molecule has 0 radical (unpaired) electrons. The number of hydrogen-bond donors (Lipinski definition) is 3. The zero-order valence-corrected chi connectivity index (χ0v) is 16.5. The summed E-state index contributed by atoms with van der Waals surface area (Å²) in [6.45, 7) is 3.92. The van der Waals surface area contributed by atoms with Gasteiger partial charge in [0.15, 0.2) is 0 Å². The van der Waals surface area contributed by atoms with Gasteiger partial charge in [0.25, 0.3) is 0 Å². The van der Waals surface area contributed by atoms with E-state index in [0.29, 0.717) is 18.2 Å². The predicted molar refractivity (Wildman–Crippen MR) is 109 cm³/mol. The Kier molecular flexibility index (Phi) is 9.31. The quantitative estimate of drug-likeness (QED) is 0.379. The lowest BCUT2D eigenvalue weighted by Crippen LogP contribution is -2.31. The number of fused-ring (bicyclic) bond motifs is 1. The number of halogens is 1. The highest BCUT2D eigenvalue weighted by molar-refractivity contribution is 6.31. The number of pyridine rings is 1. The highest BCUT2D eigenvalue weighted by Gasteiger charge is 2.09. The van der Waals surface area contributed by atoms with Gasteiger partial charge >= 0.3 is 5.97 Å². The number of carbonyl (C=O) groups is 1. The van der Waals surface area contributed by atoms with E-state index in [1.54, 1.807) is 13.1 Å². The molecule has 2 rings (SSSR count). The summed E-state index contributed by atoms with van der Waals surface area (Å²) in [5, 5.41) is 17.7. The number of anilines is 1. The molecule has 27 heavy (non-hydrogen) atoms. The minimum absolute atomic E-state index is 0.110. The van der Waals surface area contributed by atoms with Crippen molar-refractivity contribution in [1.82, 2.24) is 10.3 Å². The monoisotopic (exact) mass is 393 g/mol. The van der Waals surface area contributed by atoms with Crippen LogP contribution in [0, 0.1) is 5.92 Å². The molecular weight excluding hydrogens is 366 g/mol. The molecule has 7 heteroatoms. The van der Waals surface area contributed by atoms with Crippen molar-refractivity contribution in [2.45, 2.75) is 26.2 Å². The van der Waals surface area contributed by atoms with Crippen molar-refractivity contribution in [3.05, 3.63) is 35.5 Å². The van der Waals surface area contributed by atoms with Crippen LogP contribution < -0.4 is 10.6 Å². The lowest BCUT2D eigenvalue weighted by atomic mass is 10.0. The van der Waals surface area contributed by atoms with Crippen LogP contribution in [0.5, 0.6) is 0 Å². The fourth-order valence-corrected chi connectivity index (χ4v) is 3.07. The fourth-order valence-electron chi connectivity index (χ4n) is 2.90. The number of aliphatic hydroxyl groups is 1. The van der Waals surface area contributed by atoms with Crippen molar-refractivity contribution in [3.8, 4) is 0 Å². The smallest absolute Gasteiger partial charge is 0.319 e. The fraction of sp³-hybridized carbons (Fsp3) is 0.500. The number of aliphatic hydroxyl groups excluding tert-OH is 1. The maximum atomic E-state index is 11.3. The van der Waals surface area contributed by atoms with Gasteiger partial charge < -0.3 is 20.5 Å². The molecule has 1 aromatic heterocycles. The lowest BCUT2D eigenvalue weighted by Gasteiger charge is -2.15. The Morgan fingerprint density at radius 1 is 1.33 bits per heavy atom. The first-order chi connectivity index (χ1) is 13.1. The van der Waals surface area contributed by atoms with Gasteiger partial charge in [-0.25, -0.2) is 0 Å².